The van der Waals surface area contributed by atoms with Crippen molar-refractivity contribution < 1.29 is 14.1 Å². The van der Waals surface area contributed by atoms with Gasteiger partial charge in [0.05, 0.1) is 19.0 Å². The summed E-state index contributed by atoms with van der Waals surface area (Å²) in [5.74, 6) is 1.19. The molecule has 0 spiro atoms. The molecule has 1 fully saturated rings. The van der Waals surface area contributed by atoms with E-state index >= 15 is 0 Å². The smallest absolute Gasteiger partial charge is 0.231 e. The summed E-state index contributed by atoms with van der Waals surface area (Å²) in [4.78, 5) is 32.0. The molecule has 0 aromatic carbocycles. The number of piperidine rings is 1. The highest BCUT2D eigenvalue weighted by Gasteiger charge is 2.30. The molecular weight excluding hydrogens is 322 g/mol. The maximum Gasteiger partial charge on any atom is 0.231 e. The van der Waals surface area contributed by atoms with Crippen molar-refractivity contribution in [1.82, 2.24) is 19.9 Å². The number of likely N-dealkylation sites (tertiary alicyclic amines) is 1. The molecule has 1 aliphatic heterocycles. The maximum absolute atomic E-state index is 12.8. The lowest BCUT2D eigenvalue weighted by Crippen LogP contribution is -2.46. The van der Waals surface area contributed by atoms with E-state index in [0.29, 0.717) is 37.3 Å². The lowest BCUT2D eigenvalue weighted by molar-refractivity contribution is -0.138. The normalized spacial score (nSPS) is 18.5. The standard InChI is InChI=1S/C17H29N5O3/c1-4-22(11-15-19-16(25-20-15)8-12(2)3)17(24)13-6-5-7-21(9-13)10-14(18)23/h12-13H,4-11H2,1-3H3,(H2,18,23)/t13-/m0/s1. The second-order valence-electron chi connectivity index (χ2n) is 7.10. The van der Waals surface area contributed by atoms with Gasteiger partial charge in [-0.2, -0.15) is 4.98 Å². The first-order valence-electron chi connectivity index (χ1n) is 9.00. The molecule has 0 saturated carbocycles. The first-order chi connectivity index (χ1) is 11.9. The average molecular weight is 351 g/mol. The minimum Gasteiger partial charge on any atom is -0.369 e. The van der Waals surface area contributed by atoms with Crippen molar-refractivity contribution in [3.63, 3.8) is 0 Å². The number of hydrogen-bond acceptors (Lipinski definition) is 6. The van der Waals surface area contributed by atoms with Crippen LogP contribution in [0.15, 0.2) is 4.52 Å². The first kappa shape index (κ1) is 19.4. The Morgan fingerprint density at radius 1 is 1.44 bits per heavy atom. The van der Waals surface area contributed by atoms with Gasteiger partial charge in [0.15, 0.2) is 5.82 Å². The number of nitrogens with two attached hydrogens (primary N) is 1. The fourth-order valence-corrected chi connectivity index (χ4v) is 3.18. The second kappa shape index (κ2) is 8.94. The molecule has 140 valence electrons. The summed E-state index contributed by atoms with van der Waals surface area (Å²) in [7, 11) is 0. The van der Waals surface area contributed by atoms with Gasteiger partial charge in [0.1, 0.15) is 0 Å². The number of amides is 2. The Balaban J connectivity index is 1.95. The second-order valence-corrected chi connectivity index (χ2v) is 7.10. The zero-order chi connectivity index (χ0) is 18.4. The zero-order valence-electron chi connectivity index (χ0n) is 15.4. The van der Waals surface area contributed by atoms with Crippen LogP contribution in [0, 0.1) is 11.8 Å². The summed E-state index contributed by atoms with van der Waals surface area (Å²) in [6.45, 7) is 8.64. The van der Waals surface area contributed by atoms with E-state index in [1.165, 1.54) is 0 Å². The lowest BCUT2D eigenvalue weighted by Gasteiger charge is -2.33. The third-order valence-corrected chi connectivity index (χ3v) is 4.35. The number of nitrogens with zero attached hydrogens (tertiary/aromatic N) is 4. The topological polar surface area (TPSA) is 106 Å². The van der Waals surface area contributed by atoms with Crippen LogP contribution in [0.2, 0.25) is 0 Å². The van der Waals surface area contributed by atoms with Gasteiger partial charge in [-0.15, -0.1) is 0 Å². The quantitative estimate of drug-likeness (QED) is 0.743. The van der Waals surface area contributed by atoms with E-state index in [1.807, 2.05) is 11.8 Å². The molecule has 0 unspecified atom stereocenters. The van der Waals surface area contributed by atoms with Crippen LogP contribution in [-0.2, 0) is 22.6 Å². The molecule has 0 radical (unpaired) electrons. The number of carbonyl (C=O) groups is 2. The molecule has 1 aromatic rings. The molecular formula is C17H29N5O3. The molecule has 1 aromatic heterocycles. The Kier molecular flexibility index (Phi) is 6.92. The Morgan fingerprint density at radius 2 is 2.20 bits per heavy atom. The molecule has 2 N–H and O–H groups in total. The van der Waals surface area contributed by atoms with E-state index in [-0.39, 0.29) is 24.3 Å². The highest BCUT2D eigenvalue weighted by molar-refractivity contribution is 5.79. The van der Waals surface area contributed by atoms with Crippen LogP contribution < -0.4 is 5.73 Å². The predicted molar refractivity (Wildman–Crippen MR) is 92.3 cm³/mol. The number of aromatic nitrogens is 2. The van der Waals surface area contributed by atoms with E-state index in [1.54, 1.807) is 4.90 Å². The number of hydrogen-bond donors (Lipinski definition) is 1. The monoisotopic (exact) mass is 351 g/mol. The lowest BCUT2D eigenvalue weighted by atomic mass is 9.96. The van der Waals surface area contributed by atoms with Gasteiger partial charge in [-0.3, -0.25) is 14.5 Å². The van der Waals surface area contributed by atoms with Gasteiger partial charge in [0.2, 0.25) is 17.7 Å². The summed E-state index contributed by atoms with van der Waals surface area (Å²) >= 11 is 0. The average Bonchev–Trinajstić information content (AvgIpc) is 2.98. The largest absolute Gasteiger partial charge is 0.369 e. The van der Waals surface area contributed by atoms with Gasteiger partial charge in [0.25, 0.3) is 0 Å². The highest BCUT2D eigenvalue weighted by atomic mass is 16.5. The fourth-order valence-electron chi connectivity index (χ4n) is 3.18. The summed E-state index contributed by atoms with van der Waals surface area (Å²) in [5.41, 5.74) is 5.27. The summed E-state index contributed by atoms with van der Waals surface area (Å²) in [5, 5.41) is 3.99. The van der Waals surface area contributed by atoms with Gasteiger partial charge >= 0.3 is 0 Å². The summed E-state index contributed by atoms with van der Waals surface area (Å²) < 4.78 is 5.25. The van der Waals surface area contributed by atoms with Crippen LogP contribution >= 0.6 is 0 Å². The van der Waals surface area contributed by atoms with E-state index in [2.05, 4.69) is 24.0 Å². The Morgan fingerprint density at radius 3 is 2.84 bits per heavy atom. The molecule has 8 nitrogen and oxygen atoms in total. The molecule has 8 heteroatoms. The summed E-state index contributed by atoms with van der Waals surface area (Å²) in [6, 6.07) is 0. The SMILES string of the molecule is CCN(Cc1noc(CC(C)C)n1)C(=O)[C@H]1CCCN(CC(N)=O)C1. The Labute approximate surface area is 148 Å². The van der Waals surface area contributed by atoms with Crippen molar-refractivity contribution in [2.75, 3.05) is 26.2 Å². The minimum atomic E-state index is -0.357. The van der Waals surface area contributed by atoms with E-state index < -0.39 is 0 Å². The molecule has 0 aliphatic carbocycles. The van der Waals surface area contributed by atoms with Gasteiger partial charge in [0, 0.05) is 19.5 Å². The zero-order valence-corrected chi connectivity index (χ0v) is 15.4. The van der Waals surface area contributed by atoms with Crippen molar-refractivity contribution in [2.24, 2.45) is 17.6 Å². The first-order valence-corrected chi connectivity index (χ1v) is 9.00. The van der Waals surface area contributed by atoms with E-state index in [9.17, 15) is 9.59 Å². The molecule has 2 amide bonds. The van der Waals surface area contributed by atoms with Crippen LogP contribution in [0.4, 0.5) is 0 Å². The van der Waals surface area contributed by atoms with Crippen LogP contribution in [0.3, 0.4) is 0 Å². The summed E-state index contributed by atoms with van der Waals surface area (Å²) in [6.07, 6.45) is 2.45. The molecule has 1 aliphatic rings. The predicted octanol–water partition coefficient (Wildman–Crippen LogP) is 0.814. The Bertz CT molecular complexity index is 587. The van der Waals surface area contributed by atoms with Crippen molar-refractivity contribution in [2.45, 2.75) is 46.6 Å². The maximum atomic E-state index is 12.8. The van der Waals surface area contributed by atoms with Crippen molar-refractivity contribution in [3.8, 4) is 0 Å². The van der Waals surface area contributed by atoms with Gasteiger partial charge in [-0.1, -0.05) is 19.0 Å². The third kappa shape index (κ3) is 5.81. The number of rotatable bonds is 8. The van der Waals surface area contributed by atoms with E-state index in [4.69, 9.17) is 10.3 Å². The van der Waals surface area contributed by atoms with Gasteiger partial charge in [-0.25, -0.2) is 0 Å². The van der Waals surface area contributed by atoms with Crippen LogP contribution in [0.1, 0.15) is 45.3 Å². The molecule has 25 heavy (non-hydrogen) atoms. The Hall–Kier alpha value is -1.96. The van der Waals surface area contributed by atoms with Gasteiger partial charge in [-0.05, 0) is 32.2 Å². The molecule has 0 bridgehead atoms. The fraction of sp³-hybridized carbons (Fsp3) is 0.765. The van der Waals surface area contributed by atoms with Crippen LogP contribution in [0.5, 0.6) is 0 Å². The van der Waals surface area contributed by atoms with E-state index in [0.717, 1.165) is 25.8 Å². The molecule has 1 atom stereocenters. The van der Waals surface area contributed by atoms with Crippen molar-refractivity contribution >= 4 is 11.8 Å². The highest BCUT2D eigenvalue weighted by Crippen LogP contribution is 2.19. The number of primary amides is 1. The van der Waals surface area contributed by atoms with Crippen molar-refractivity contribution in [3.05, 3.63) is 11.7 Å². The minimum absolute atomic E-state index is 0.0758. The van der Waals surface area contributed by atoms with Crippen LogP contribution in [-0.4, -0.2) is 57.9 Å². The molecule has 2 heterocycles. The van der Waals surface area contributed by atoms with Gasteiger partial charge < -0.3 is 15.2 Å². The molecule has 1 saturated heterocycles. The molecule has 2 rings (SSSR count). The third-order valence-electron chi connectivity index (χ3n) is 4.35. The van der Waals surface area contributed by atoms with Crippen molar-refractivity contribution in [1.29, 1.82) is 0 Å². The number of carbonyl (C=O) groups excluding carboxylic acids is 2. The van der Waals surface area contributed by atoms with Crippen LogP contribution in [0.25, 0.3) is 0 Å².